The zero-order valence-corrected chi connectivity index (χ0v) is 17.8. The Hall–Kier alpha value is -3.02. The molecule has 3 aromatic carbocycles. The quantitative estimate of drug-likeness (QED) is 0.379. The number of amides is 1. The number of benzene rings is 3. The first kappa shape index (κ1) is 20.3. The van der Waals surface area contributed by atoms with Gasteiger partial charge in [0.2, 0.25) is 5.89 Å². The molecule has 30 heavy (non-hydrogen) atoms. The highest BCUT2D eigenvalue weighted by molar-refractivity contribution is 6.43. The second-order valence-electron chi connectivity index (χ2n) is 7.18. The highest BCUT2D eigenvalue weighted by atomic mass is 35.5. The molecule has 4 aromatic rings. The Kier molecular flexibility index (Phi) is 5.41. The van der Waals surface area contributed by atoms with Crippen LogP contribution in [-0.4, -0.2) is 16.5 Å². The minimum Gasteiger partial charge on any atom is -0.478 e. The number of carbonyl (C=O) groups excluding carboxylic acids is 1. The molecule has 152 valence electrons. The minimum atomic E-state index is -1.07. The summed E-state index contributed by atoms with van der Waals surface area (Å²) in [4.78, 5) is 17.3. The van der Waals surface area contributed by atoms with Gasteiger partial charge in [-0.1, -0.05) is 47.5 Å². The van der Waals surface area contributed by atoms with Crippen molar-refractivity contribution in [3.05, 3.63) is 76.8 Å². The Bertz CT molecular complexity index is 1220. The van der Waals surface area contributed by atoms with Crippen molar-refractivity contribution >= 4 is 45.9 Å². The lowest BCUT2D eigenvalue weighted by Crippen LogP contribution is -2.42. The van der Waals surface area contributed by atoms with Crippen LogP contribution in [-0.2, 0) is 4.79 Å². The van der Waals surface area contributed by atoms with Crippen LogP contribution in [0.2, 0.25) is 10.0 Å². The summed E-state index contributed by atoms with van der Waals surface area (Å²) in [5, 5.41) is 3.67. The van der Waals surface area contributed by atoms with Crippen LogP contribution < -0.4 is 10.1 Å². The molecular formula is C23H18Cl2N2O3. The molecule has 7 heteroatoms. The first-order valence-corrected chi connectivity index (χ1v) is 9.99. The number of anilines is 1. The molecule has 0 bridgehead atoms. The second kappa shape index (κ2) is 8.01. The van der Waals surface area contributed by atoms with E-state index in [1.807, 2.05) is 18.2 Å². The maximum Gasteiger partial charge on any atom is 0.267 e. The molecule has 0 radical (unpaired) electrons. The fourth-order valence-electron chi connectivity index (χ4n) is 2.90. The van der Waals surface area contributed by atoms with Gasteiger partial charge < -0.3 is 14.5 Å². The summed E-state index contributed by atoms with van der Waals surface area (Å²) in [5.41, 5.74) is 1.26. The van der Waals surface area contributed by atoms with E-state index in [1.54, 1.807) is 62.4 Å². The number of hydrogen-bond donors (Lipinski definition) is 1. The molecule has 4 rings (SSSR count). The van der Waals surface area contributed by atoms with Crippen molar-refractivity contribution in [2.75, 3.05) is 5.32 Å². The van der Waals surface area contributed by atoms with Gasteiger partial charge in [0.25, 0.3) is 5.91 Å². The van der Waals surface area contributed by atoms with Crippen LogP contribution in [0.4, 0.5) is 5.69 Å². The molecule has 0 aliphatic heterocycles. The number of ether oxygens (including phenoxy) is 1. The number of oxazole rings is 1. The SMILES string of the molecule is CC(C)(Oc1ccccc1)C(=O)Nc1ccc2oc(-c3cccc(Cl)c3Cl)nc2c1. The van der Waals surface area contributed by atoms with Crippen LogP contribution >= 0.6 is 23.2 Å². The number of fused-ring (bicyclic) bond motifs is 1. The number of nitrogens with zero attached hydrogens (tertiary/aromatic N) is 1. The van der Waals surface area contributed by atoms with Crippen molar-refractivity contribution in [2.24, 2.45) is 0 Å². The standard InChI is InChI=1S/C23H18Cl2N2O3/c1-23(2,30-15-7-4-3-5-8-15)22(28)26-14-11-12-19-18(13-14)27-21(29-19)16-9-6-10-17(24)20(16)25/h3-13H,1-2H3,(H,26,28). The largest absolute Gasteiger partial charge is 0.478 e. The van der Waals surface area contributed by atoms with Gasteiger partial charge in [-0.05, 0) is 56.3 Å². The molecule has 1 heterocycles. The van der Waals surface area contributed by atoms with Crippen LogP contribution in [0, 0.1) is 0 Å². The van der Waals surface area contributed by atoms with Crippen molar-refractivity contribution in [1.29, 1.82) is 0 Å². The van der Waals surface area contributed by atoms with Gasteiger partial charge in [-0.25, -0.2) is 4.98 Å². The van der Waals surface area contributed by atoms with E-state index in [9.17, 15) is 4.79 Å². The van der Waals surface area contributed by atoms with Crippen LogP contribution in [0.3, 0.4) is 0 Å². The lowest BCUT2D eigenvalue weighted by molar-refractivity contribution is -0.128. The zero-order chi connectivity index (χ0) is 21.3. The van der Waals surface area contributed by atoms with Crippen molar-refractivity contribution < 1.29 is 13.9 Å². The van der Waals surface area contributed by atoms with E-state index >= 15 is 0 Å². The van der Waals surface area contributed by atoms with Crippen LogP contribution in [0.5, 0.6) is 5.75 Å². The number of rotatable bonds is 5. The Morgan fingerprint density at radius 1 is 1.03 bits per heavy atom. The minimum absolute atomic E-state index is 0.285. The Morgan fingerprint density at radius 2 is 1.80 bits per heavy atom. The molecule has 0 saturated carbocycles. The number of hydrogen-bond acceptors (Lipinski definition) is 4. The molecule has 0 atom stereocenters. The predicted molar refractivity (Wildman–Crippen MR) is 119 cm³/mol. The third-order valence-corrected chi connectivity index (χ3v) is 5.31. The van der Waals surface area contributed by atoms with Crippen LogP contribution in [0.1, 0.15) is 13.8 Å². The van der Waals surface area contributed by atoms with Crippen molar-refractivity contribution in [1.82, 2.24) is 4.98 Å². The predicted octanol–water partition coefficient (Wildman–Crippen LogP) is 6.60. The van der Waals surface area contributed by atoms with Crippen LogP contribution in [0.15, 0.2) is 71.1 Å². The molecule has 0 aliphatic carbocycles. The Labute approximate surface area is 183 Å². The normalized spacial score (nSPS) is 11.5. The molecule has 0 fully saturated rings. The third-order valence-electron chi connectivity index (χ3n) is 4.49. The number of aromatic nitrogens is 1. The molecule has 1 aromatic heterocycles. The van der Waals surface area contributed by atoms with Gasteiger partial charge in [-0.15, -0.1) is 0 Å². The maximum atomic E-state index is 12.8. The summed E-state index contributed by atoms with van der Waals surface area (Å²) in [6.45, 7) is 3.42. The molecule has 0 saturated heterocycles. The van der Waals surface area contributed by atoms with Gasteiger partial charge >= 0.3 is 0 Å². The molecule has 5 nitrogen and oxygen atoms in total. The number of nitrogens with one attached hydrogen (secondary N) is 1. The van der Waals surface area contributed by atoms with E-state index in [1.165, 1.54) is 0 Å². The first-order chi connectivity index (χ1) is 14.3. The number of halogens is 2. The van der Waals surface area contributed by atoms with E-state index in [4.69, 9.17) is 32.4 Å². The van der Waals surface area contributed by atoms with E-state index in [-0.39, 0.29) is 5.91 Å². The summed E-state index contributed by atoms with van der Waals surface area (Å²) in [6.07, 6.45) is 0. The average molecular weight is 441 g/mol. The average Bonchev–Trinajstić information content (AvgIpc) is 3.13. The Morgan fingerprint density at radius 3 is 2.57 bits per heavy atom. The highest BCUT2D eigenvalue weighted by Gasteiger charge is 2.30. The third kappa shape index (κ3) is 4.13. The Balaban J connectivity index is 1.56. The van der Waals surface area contributed by atoms with E-state index in [0.29, 0.717) is 44.0 Å². The van der Waals surface area contributed by atoms with Crippen molar-refractivity contribution in [2.45, 2.75) is 19.4 Å². The summed E-state index contributed by atoms with van der Waals surface area (Å²) in [6, 6.07) is 19.7. The van der Waals surface area contributed by atoms with Crippen molar-refractivity contribution in [3.8, 4) is 17.2 Å². The van der Waals surface area contributed by atoms with Gasteiger partial charge in [-0.2, -0.15) is 0 Å². The van der Waals surface area contributed by atoms with E-state index in [2.05, 4.69) is 10.3 Å². The van der Waals surface area contributed by atoms with Crippen LogP contribution in [0.25, 0.3) is 22.6 Å². The summed E-state index contributed by atoms with van der Waals surface area (Å²) in [7, 11) is 0. The second-order valence-corrected chi connectivity index (χ2v) is 7.97. The lowest BCUT2D eigenvalue weighted by atomic mass is 10.1. The zero-order valence-electron chi connectivity index (χ0n) is 16.3. The molecule has 0 aliphatic rings. The summed E-state index contributed by atoms with van der Waals surface area (Å²) in [5.74, 6) is 0.689. The molecule has 0 unspecified atom stereocenters. The lowest BCUT2D eigenvalue weighted by Gasteiger charge is -2.25. The topological polar surface area (TPSA) is 64.4 Å². The van der Waals surface area contributed by atoms with E-state index < -0.39 is 5.60 Å². The summed E-state index contributed by atoms with van der Waals surface area (Å²) >= 11 is 12.4. The first-order valence-electron chi connectivity index (χ1n) is 9.24. The van der Waals surface area contributed by atoms with Gasteiger partial charge in [0.15, 0.2) is 11.2 Å². The smallest absolute Gasteiger partial charge is 0.267 e. The molecule has 0 spiro atoms. The molecular weight excluding hydrogens is 423 g/mol. The monoisotopic (exact) mass is 440 g/mol. The van der Waals surface area contributed by atoms with Crippen molar-refractivity contribution in [3.63, 3.8) is 0 Å². The van der Waals surface area contributed by atoms with Gasteiger partial charge in [-0.3, -0.25) is 4.79 Å². The number of para-hydroxylation sites is 1. The molecule has 1 N–H and O–H groups in total. The summed E-state index contributed by atoms with van der Waals surface area (Å²) < 4.78 is 11.6. The fourth-order valence-corrected chi connectivity index (χ4v) is 3.28. The fraction of sp³-hybridized carbons (Fsp3) is 0.130. The van der Waals surface area contributed by atoms with Gasteiger partial charge in [0.05, 0.1) is 15.6 Å². The van der Waals surface area contributed by atoms with Gasteiger partial charge in [0.1, 0.15) is 11.3 Å². The van der Waals surface area contributed by atoms with Gasteiger partial charge in [0, 0.05) is 5.69 Å². The maximum absolute atomic E-state index is 12.8. The number of carbonyl (C=O) groups is 1. The molecule has 1 amide bonds. The highest BCUT2D eigenvalue weighted by Crippen LogP contribution is 2.35. The van der Waals surface area contributed by atoms with E-state index in [0.717, 1.165) is 0 Å².